The van der Waals surface area contributed by atoms with Gasteiger partial charge in [-0.15, -0.1) is 0 Å². The summed E-state index contributed by atoms with van der Waals surface area (Å²) in [4.78, 5) is 6.38. The maximum atomic E-state index is 12.2. The molecule has 2 heterocycles. The van der Waals surface area contributed by atoms with Crippen molar-refractivity contribution in [2.24, 2.45) is 0 Å². The van der Waals surface area contributed by atoms with E-state index in [1.807, 2.05) is 0 Å². The Labute approximate surface area is 138 Å². The van der Waals surface area contributed by atoms with Gasteiger partial charge in [0.25, 0.3) is 0 Å². The summed E-state index contributed by atoms with van der Waals surface area (Å²) in [6, 6.07) is 1.54. The zero-order chi connectivity index (χ0) is 16.9. The standard InChI is InChI=1S/C15H26N4O3S/c1-12-9-14(10-17-15(12)16)23(20,21)18-5-3-6-19-7-4-8-22-13(2)11-19/h9-10,13,18H,3-8,11H2,1-2H3,(H2,16,17). The Hall–Kier alpha value is -1.22. The largest absolute Gasteiger partial charge is 0.383 e. The molecule has 0 aromatic carbocycles. The van der Waals surface area contributed by atoms with E-state index in [9.17, 15) is 8.42 Å². The highest BCUT2D eigenvalue weighted by Crippen LogP contribution is 2.13. The van der Waals surface area contributed by atoms with Gasteiger partial charge in [0.05, 0.1) is 6.10 Å². The molecule has 1 aromatic heterocycles. The number of sulfonamides is 1. The second-order valence-corrected chi connectivity index (χ2v) is 7.73. The molecule has 0 spiro atoms. The zero-order valence-electron chi connectivity index (χ0n) is 13.8. The predicted molar refractivity (Wildman–Crippen MR) is 89.7 cm³/mol. The van der Waals surface area contributed by atoms with E-state index in [1.165, 1.54) is 6.20 Å². The molecule has 1 atom stereocenters. The lowest BCUT2D eigenvalue weighted by Gasteiger charge is -2.21. The summed E-state index contributed by atoms with van der Waals surface area (Å²) in [6.07, 6.45) is 3.30. The molecule has 3 N–H and O–H groups in total. The van der Waals surface area contributed by atoms with Gasteiger partial charge in [-0.05, 0) is 44.9 Å². The van der Waals surface area contributed by atoms with Gasteiger partial charge in [0.1, 0.15) is 10.7 Å². The number of nitrogens with one attached hydrogen (secondary N) is 1. The maximum Gasteiger partial charge on any atom is 0.242 e. The highest BCUT2D eigenvalue weighted by Gasteiger charge is 2.17. The number of ether oxygens (including phenoxy) is 1. The van der Waals surface area contributed by atoms with E-state index in [-0.39, 0.29) is 11.0 Å². The summed E-state index contributed by atoms with van der Waals surface area (Å²) < 4.78 is 32.7. The Morgan fingerprint density at radius 3 is 3.04 bits per heavy atom. The number of hydrogen-bond acceptors (Lipinski definition) is 6. The molecule has 1 aliphatic rings. The van der Waals surface area contributed by atoms with Crippen LogP contribution in [0.1, 0.15) is 25.3 Å². The highest BCUT2D eigenvalue weighted by molar-refractivity contribution is 7.89. The minimum absolute atomic E-state index is 0.154. The van der Waals surface area contributed by atoms with E-state index >= 15 is 0 Å². The molecule has 130 valence electrons. The number of anilines is 1. The smallest absolute Gasteiger partial charge is 0.242 e. The molecule has 1 fully saturated rings. The third kappa shape index (κ3) is 5.42. The van der Waals surface area contributed by atoms with Crippen molar-refractivity contribution in [3.05, 3.63) is 17.8 Å². The van der Waals surface area contributed by atoms with Gasteiger partial charge in [0.2, 0.25) is 10.0 Å². The molecule has 0 radical (unpaired) electrons. The second kappa shape index (κ2) is 8.05. The number of pyridine rings is 1. The summed E-state index contributed by atoms with van der Waals surface area (Å²) in [6.45, 7) is 7.76. The Bertz CT molecular complexity index is 621. The molecule has 1 aliphatic heterocycles. The molecule has 8 heteroatoms. The first-order valence-electron chi connectivity index (χ1n) is 7.94. The minimum Gasteiger partial charge on any atom is -0.383 e. The summed E-state index contributed by atoms with van der Waals surface area (Å²) in [7, 11) is -3.53. The van der Waals surface area contributed by atoms with Gasteiger partial charge < -0.3 is 15.4 Å². The van der Waals surface area contributed by atoms with Crippen molar-refractivity contribution in [1.29, 1.82) is 0 Å². The lowest BCUT2D eigenvalue weighted by Crippen LogP contribution is -2.33. The van der Waals surface area contributed by atoms with E-state index in [2.05, 4.69) is 21.5 Å². The Morgan fingerprint density at radius 2 is 2.30 bits per heavy atom. The van der Waals surface area contributed by atoms with Crippen LogP contribution in [0.5, 0.6) is 0 Å². The first kappa shape index (κ1) is 18.1. The third-order valence-corrected chi connectivity index (χ3v) is 5.31. The fourth-order valence-corrected chi connectivity index (χ4v) is 3.69. The Morgan fingerprint density at radius 1 is 1.52 bits per heavy atom. The van der Waals surface area contributed by atoms with Crippen LogP contribution in [0.3, 0.4) is 0 Å². The fraction of sp³-hybridized carbons (Fsp3) is 0.667. The molecular formula is C15H26N4O3S. The Balaban J connectivity index is 1.81. The van der Waals surface area contributed by atoms with Crippen molar-refractivity contribution >= 4 is 15.8 Å². The van der Waals surface area contributed by atoms with E-state index < -0.39 is 10.0 Å². The molecule has 0 aliphatic carbocycles. The molecular weight excluding hydrogens is 316 g/mol. The zero-order valence-corrected chi connectivity index (χ0v) is 14.6. The predicted octanol–water partition coefficient (Wildman–Crippen LogP) is 0.751. The van der Waals surface area contributed by atoms with Crippen molar-refractivity contribution < 1.29 is 13.2 Å². The molecule has 7 nitrogen and oxygen atoms in total. The molecule has 0 bridgehead atoms. The average Bonchev–Trinajstić information content (AvgIpc) is 2.70. The topological polar surface area (TPSA) is 97.5 Å². The quantitative estimate of drug-likeness (QED) is 0.741. The average molecular weight is 342 g/mol. The number of nitrogens with zero attached hydrogens (tertiary/aromatic N) is 2. The van der Waals surface area contributed by atoms with Gasteiger partial charge in [-0.25, -0.2) is 18.1 Å². The lowest BCUT2D eigenvalue weighted by molar-refractivity contribution is 0.0677. The number of aryl methyl sites for hydroxylation is 1. The van der Waals surface area contributed by atoms with Crippen LogP contribution in [0.2, 0.25) is 0 Å². The van der Waals surface area contributed by atoms with Gasteiger partial charge in [0, 0.05) is 32.4 Å². The van der Waals surface area contributed by atoms with E-state index in [0.717, 1.165) is 39.1 Å². The number of rotatable bonds is 6. The third-order valence-electron chi connectivity index (χ3n) is 3.88. The van der Waals surface area contributed by atoms with Crippen molar-refractivity contribution in [2.75, 3.05) is 38.5 Å². The van der Waals surface area contributed by atoms with Gasteiger partial charge in [-0.1, -0.05) is 0 Å². The van der Waals surface area contributed by atoms with Crippen molar-refractivity contribution in [2.45, 2.75) is 37.7 Å². The van der Waals surface area contributed by atoms with Crippen LogP contribution in [-0.4, -0.2) is 57.2 Å². The van der Waals surface area contributed by atoms with Gasteiger partial charge in [-0.3, -0.25) is 0 Å². The summed E-state index contributed by atoms with van der Waals surface area (Å²) in [5, 5.41) is 0. The van der Waals surface area contributed by atoms with Crippen LogP contribution < -0.4 is 10.5 Å². The summed E-state index contributed by atoms with van der Waals surface area (Å²) >= 11 is 0. The van der Waals surface area contributed by atoms with Gasteiger partial charge in [-0.2, -0.15) is 0 Å². The van der Waals surface area contributed by atoms with Crippen LogP contribution in [0.15, 0.2) is 17.2 Å². The van der Waals surface area contributed by atoms with Gasteiger partial charge >= 0.3 is 0 Å². The molecule has 1 unspecified atom stereocenters. The molecule has 2 rings (SSSR count). The number of aromatic nitrogens is 1. The Kier molecular flexibility index (Phi) is 6.34. The van der Waals surface area contributed by atoms with Crippen molar-refractivity contribution in [1.82, 2.24) is 14.6 Å². The number of hydrogen-bond donors (Lipinski definition) is 2. The van der Waals surface area contributed by atoms with E-state index in [0.29, 0.717) is 17.9 Å². The number of nitrogen functional groups attached to an aromatic ring is 1. The minimum atomic E-state index is -3.53. The van der Waals surface area contributed by atoms with Gasteiger partial charge in [0.15, 0.2) is 0 Å². The van der Waals surface area contributed by atoms with Crippen LogP contribution in [-0.2, 0) is 14.8 Å². The first-order valence-corrected chi connectivity index (χ1v) is 9.42. The molecule has 23 heavy (non-hydrogen) atoms. The normalized spacial score (nSPS) is 20.3. The summed E-state index contributed by atoms with van der Waals surface area (Å²) in [5.74, 6) is 0.349. The van der Waals surface area contributed by atoms with E-state index in [1.54, 1.807) is 13.0 Å². The van der Waals surface area contributed by atoms with Crippen LogP contribution in [0, 0.1) is 6.92 Å². The molecule has 1 aromatic rings. The monoisotopic (exact) mass is 342 g/mol. The van der Waals surface area contributed by atoms with Crippen LogP contribution in [0.25, 0.3) is 0 Å². The fourth-order valence-electron chi connectivity index (χ4n) is 2.58. The SMILES string of the molecule is Cc1cc(S(=O)(=O)NCCCN2CCCOC(C)C2)cnc1N. The second-order valence-electron chi connectivity index (χ2n) is 5.96. The van der Waals surface area contributed by atoms with Crippen molar-refractivity contribution in [3.8, 4) is 0 Å². The molecule has 0 saturated carbocycles. The highest BCUT2D eigenvalue weighted by atomic mass is 32.2. The molecule has 1 saturated heterocycles. The first-order chi connectivity index (χ1) is 10.9. The van der Waals surface area contributed by atoms with Crippen molar-refractivity contribution in [3.63, 3.8) is 0 Å². The van der Waals surface area contributed by atoms with Crippen LogP contribution >= 0.6 is 0 Å². The summed E-state index contributed by atoms with van der Waals surface area (Å²) in [5.41, 5.74) is 6.28. The lowest BCUT2D eigenvalue weighted by atomic mass is 10.3. The number of nitrogens with two attached hydrogens (primary N) is 1. The maximum absolute atomic E-state index is 12.2. The van der Waals surface area contributed by atoms with E-state index in [4.69, 9.17) is 10.5 Å². The molecule has 0 amide bonds. The van der Waals surface area contributed by atoms with Crippen LogP contribution in [0.4, 0.5) is 5.82 Å².